The van der Waals surface area contributed by atoms with Gasteiger partial charge in [-0.2, -0.15) is 0 Å². The van der Waals surface area contributed by atoms with Crippen molar-refractivity contribution in [2.24, 2.45) is 4.99 Å². The Morgan fingerprint density at radius 1 is 1.16 bits per heavy atom. The minimum absolute atomic E-state index is 0.0903. The fourth-order valence-electron chi connectivity index (χ4n) is 3.47. The number of ether oxygens (including phenoxy) is 2. The van der Waals surface area contributed by atoms with Gasteiger partial charge >= 0.3 is 5.97 Å². The van der Waals surface area contributed by atoms with E-state index in [0.717, 1.165) is 5.56 Å². The lowest BCUT2D eigenvalue weighted by Crippen LogP contribution is -2.46. The first-order valence-electron chi connectivity index (χ1n) is 9.90. The summed E-state index contributed by atoms with van der Waals surface area (Å²) in [6.45, 7) is -0.258. The number of benzene rings is 2. The maximum Gasteiger partial charge on any atom is 0.339 e. The molecule has 1 atom stereocenters. The third-order valence-corrected chi connectivity index (χ3v) is 5.21. The van der Waals surface area contributed by atoms with Gasteiger partial charge in [-0.15, -0.1) is 0 Å². The van der Waals surface area contributed by atoms with E-state index in [2.05, 4.69) is 9.98 Å². The van der Waals surface area contributed by atoms with Gasteiger partial charge < -0.3 is 9.47 Å². The number of aliphatic imine (C=N–C) groups is 1. The number of fused-ring (bicyclic) bond motifs is 1. The zero-order chi connectivity index (χ0) is 22.5. The van der Waals surface area contributed by atoms with Crippen LogP contribution in [0.1, 0.15) is 21.5 Å². The minimum atomic E-state index is -0.853. The zero-order valence-corrected chi connectivity index (χ0v) is 18.0. The van der Waals surface area contributed by atoms with Crippen LogP contribution in [-0.4, -0.2) is 49.1 Å². The van der Waals surface area contributed by atoms with E-state index in [1.807, 2.05) is 30.3 Å². The van der Waals surface area contributed by atoms with E-state index >= 15 is 0 Å². The first-order valence-corrected chi connectivity index (χ1v) is 10.3. The predicted octanol–water partition coefficient (Wildman–Crippen LogP) is 3.75. The molecule has 2 heterocycles. The molecule has 1 unspecified atom stereocenters. The first kappa shape index (κ1) is 21.7. The van der Waals surface area contributed by atoms with Crippen LogP contribution in [0.2, 0.25) is 5.02 Å². The molecule has 7 nitrogen and oxygen atoms in total. The predicted molar refractivity (Wildman–Crippen MR) is 121 cm³/mol. The van der Waals surface area contributed by atoms with Crippen molar-refractivity contribution in [1.29, 1.82) is 0 Å². The molecule has 3 aromatic rings. The third-order valence-electron chi connectivity index (χ3n) is 4.98. The van der Waals surface area contributed by atoms with E-state index in [1.54, 1.807) is 36.5 Å². The van der Waals surface area contributed by atoms with Crippen LogP contribution in [0.15, 0.2) is 78.0 Å². The summed E-state index contributed by atoms with van der Waals surface area (Å²) in [5, 5.41) is 0.513. The van der Waals surface area contributed by atoms with Crippen molar-refractivity contribution in [2.75, 3.05) is 25.2 Å². The molecule has 8 heteroatoms. The van der Waals surface area contributed by atoms with Gasteiger partial charge in [-0.1, -0.05) is 41.9 Å². The molecule has 2 aromatic carbocycles. The molecule has 0 fully saturated rings. The van der Waals surface area contributed by atoms with Crippen molar-refractivity contribution < 1.29 is 19.1 Å². The Kier molecular flexibility index (Phi) is 6.58. The Labute approximate surface area is 190 Å². The van der Waals surface area contributed by atoms with Gasteiger partial charge in [-0.3, -0.25) is 19.7 Å². The van der Waals surface area contributed by atoms with Crippen LogP contribution < -0.4 is 4.90 Å². The van der Waals surface area contributed by atoms with Crippen LogP contribution in [0.25, 0.3) is 0 Å². The van der Waals surface area contributed by atoms with Crippen LogP contribution in [0.4, 0.5) is 5.69 Å². The number of anilines is 1. The lowest BCUT2D eigenvalue weighted by atomic mass is 10.00. The molecule has 0 radical (unpaired) electrons. The number of carbonyl (C=O) groups excluding carboxylic acids is 2. The van der Waals surface area contributed by atoms with Gasteiger partial charge in [0.1, 0.15) is 13.2 Å². The number of amides is 1. The van der Waals surface area contributed by atoms with Gasteiger partial charge in [-0.05, 0) is 30.3 Å². The van der Waals surface area contributed by atoms with Crippen molar-refractivity contribution in [2.45, 2.75) is 6.23 Å². The summed E-state index contributed by atoms with van der Waals surface area (Å²) >= 11 is 6.29. The maximum atomic E-state index is 13.1. The number of halogens is 1. The molecule has 32 heavy (non-hydrogen) atoms. The number of esters is 1. The highest BCUT2D eigenvalue weighted by atomic mass is 35.5. The van der Waals surface area contributed by atoms with Crippen molar-refractivity contribution in [1.82, 2.24) is 4.98 Å². The lowest BCUT2D eigenvalue weighted by Gasteiger charge is -2.30. The summed E-state index contributed by atoms with van der Waals surface area (Å²) in [7, 11) is 1.45. The van der Waals surface area contributed by atoms with Crippen LogP contribution in [-0.2, 0) is 14.3 Å². The molecule has 0 N–H and O–H groups in total. The molecule has 0 saturated heterocycles. The van der Waals surface area contributed by atoms with Crippen LogP contribution in [0.5, 0.6) is 0 Å². The van der Waals surface area contributed by atoms with Crippen molar-refractivity contribution in [3.05, 3.63) is 94.8 Å². The average Bonchev–Trinajstić information content (AvgIpc) is 2.97. The van der Waals surface area contributed by atoms with Crippen molar-refractivity contribution in [3.8, 4) is 0 Å². The van der Waals surface area contributed by atoms with Gasteiger partial charge in [0.2, 0.25) is 0 Å². The monoisotopic (exact) mass is 449 g/mol. The number of methoxy groups -OCH3 is 1. The number of aromatic nitrogens is 1. The fourth-order valence-corrected chi connectivity index (χ4v) is 3.64. The average molecular weight is 450 g/mol. The molecule has 1 aliphatic rings. The highest BCUT2D eigenvalue weighted by molar-refractivity contribution is 6.32. The number of carbonyl (C=O) groups is 2. The molecule has 0 saturated carbocycles. The Balaban J connectivity index is 1.66. The SMILES string of the molecule is COC(COC(=O)c1cccnc1)N1C(=O)CN=C(c2ccccc2)c2cc(Cl)ccc21. The minimum Gasteiger partial charge on any atom is -0.457 e. The Morgan fingerprint density at radius 3 is 2.69 bits per heavy atom. The number of rotatable bonds is 6. The third kappa shape index (κ3) is 4.54. The number of benzodiazepines with no additional fused rings is 1. The van der Waals surface area contributed by atoms with E-state index in [4.69, 9.17) is 21.1 Å². The van der Waals surface area contributed by atoms with Crippen molar-refractivity contribution >= 4 is 34.9 Å². The van der Waals surface area contributed by atoms with Gasteiger partial charge in [0.15, 0.2) is 6.23 Å². The zero-order valence-electron chi connectivity index (χ0n) is 17.3. The lowest BCUT2D eigenvalue weighted by molar-refractivity contribution is -0.120. The number of hydrogen-bond acceptors (Lipinski definition) is 6. The number of hydrogen-bond donors (Lipinski definition) is 0. The van der Waals surface area contributed by atoms with Crippen LogP contribution in [0.3, 0.4) is 0 Å². The van der Waals surface area contributed by atoms with Gasteiger partial charge in [0.25, 0.3) is 5.91 Å². The molecule has 162 valence electrons. The molecular formula is C24H20ClN3O4. The smallest absolute Gasteiger partial charge is 0.339 e. The van der Waals surface area contributed by atoms with Gasteiger partial charge in [0.05, 0.1) is 17.0 Å². The molecule has 4 rings (SSSR count). The molecule has 0 spiro atoms. The Hall–Kier alpha value is -3.55. The fraction of sp³-hybridized carbons (Fsp3) is 0.167. The summed E-state index contributed by atoms with van der Waals surface area (Å²) in [5.41, 5.74) is 3.09. The quantitative estimate of drug-likeness (QED) is 0.535. The normalized spacial score (nSPS) is 14.2. The maximum absolute atomic E-state index is 13.1. The summed E-state index contributed by atoms with van der Waals surface area (Å²) in [6.07, 6.45) is 2.13. The van der Waals surface area contributed by atoms with E-state index in [-0.39, 0.29) is 19.1 Å². The molecule has 0 aliphatic carbocycles. The van der Waals surface area contributed by atoms with Gasteiger partial charge in [-0.25, -0.2) is 4.79 Å². The largest absolute Gasteiger partial charge is 0.457 e. The topological polar surface area (TPSA) is 81.1 Å². The van der Waals surface area contributed by atoms with E-state index < -0.39 is 12.2 Å². The molecule has 1 aromatic heterocycles. The van der Waals surface area contributed by atoms with E-state index in [9.17, 15) is 9.59 Å². The molecule has 1 aliphatic heterocycles. The first-order chi connectivity index (χ1) is 15.6. The van der Waals surface area contributed by atoms with Crippen LogP contribution >= 0.6 is 11.6 Å². The van der Waals surface area contributed by atoms with E-state index in [1.165, 1.54) is 18.2 Å². The Bertz CT molecular complexity index is 1150. The highest BCUT2D eigenvalue weighted by Crippen LogP contribution is 2.31. The van der Waals surface area contributed by atoms with Gasteiger partial charge in [0, 0.05) is 35.7 Å². The number of pyridine rings is 1. The van der Waals surface area contributed by atoms with Crippen molar-refractivity contribution in [3.63, 3.8) is 0 Å². The molecule has 1 amide bonds. The molecule has 0 bridgehead atoms. The summed E-state index contributed by atoms with van der Waals surface area (Å²) < 4.78 is 11.0. The Morgan fingerprint density at radius 2 is 1.97 bits per heavy atom. The second kappa shape index (κ2) is 9.72. The standard InChI is InChI=1S/C24H20ClN3O4/c1-31-22(15-32-24(30)17-8-5-11-26-13-17)28-20-10-9-18(25)12-19(20)23(27-14-21(28)29)16-6-3-2-4-7-16/h2-13,22H,14-15H2,1H3. The summed E-state index contributed by atoms with van der Waals surface area (Å²) in [4.78, 5) is 35.4. The summed E-state index contributed by atoms with van der Waals surface area (Å²) in [5.74, 6) is -0.844. The van der Waals surface area contributed by atoms with E-state index in [0.29, 0.717) is 27.5 Å². The molecular weight excluding hydrogens is 430 g/mol. The highest BCUT2D eigenvalue weighted by Gasteiger charge is 2.32. The van der Waals surface area contributed by atoms with Crippen LogP contribution in [0, 0.1) is 0 Å². The number of nitrogens with zero attached hydrogens (tertiary/aromatic N) is 3. The second-order valence-electron chi connectivity index (χ2n) is 6.99. The summed E-state index contributed by atoms with van der Waals surface area (Å²) in [6, 6.07) is 18.0. The second-order valence-corrected chi connectivity index (χ2v) is 7.42.